The van der Waals surface area contributed by atoms with E-state index in [-0.39, 0.29) is 0 Å². The minimum Gasteiger partial charge on any atom is -0.494 e. The number of H-pyrrole nitrogens is 1. The van der Waals surface area contributed by atoms with Gasteiger partial charge < -0.3 is 14.3 Å². The molecule has 3 nitrogen and oxygen atoms in total. The van der Waals surface area contributed by atoms with Gasteiger partial charge in [0.2, 0.25) is 0 Å². The number of benzene rings is 1. The van der Waals surface area contributed by atoms with Crippen molar-refractivity contribution < 1.29 is 4.74 Å². The minimum absolute atomic E-state index is 0.705. The molecule has 0 fully saturated rings. The summed E-state index contributed by atoms with van der Waals surface area (Å²) in [5.74, 6) is 0.917. The van der Waals surface area contributed by atoms with Crippen molar-refractivity contribution in [1.29, 1.82) is 0 Å². The highest BCUT2D eigenvalue weighted by Gasteiger charge is 1.94. The van der Waals surface area contributed by atoms with Crippen molar-refractivity contribution >= 4 is 12.2 Å². The van der Waals surface area contributed by atoms with Crippen molar-refractivity contribution in [3.8, 4) is 5.75 Å². The Hall–Kier alpha value is -1.55. The zero-order valence-electron chi connectivity index (χ0n) is 8.93. The molecular weight excluding hydrogens is 220 g/mol. The van der Waals surface area contributed by atoms with Gasteiger partial charge in [0.1, 0.15) is 5.75 Å². The Bertz CT molecular complexity index is 475. The predicted molar refractivity (Wildman–Crippen MR) is 66.2 cm³/mol. The Morgan fingerprint density at radius 3 is 2.75 bits per heavy atom. The van der Waals surface area contributed by atoms with E-state index in [1.807, 2.05) is 47.3 Å². The van der Waals surface area contributed by atoms with Gasteiger partial charge in [0, 0.05) is 18.9 Å². The van der Waals surface area contributed by atoms with E-state index in [0.717, 1.165) is 23.5 Å². The summed E-state index contributed by atoms with van der Waals surface area (Å²) in [4.78, 5) is 2.96. The average molecular weight is 234 g/mol. The van der Waals surface area contributed by atoms with Crippen LogP contribution in [0.2, 0.25) is 0 Å². The fourth-order valence-electron chi connectivity index (χ4n) is 1.47. The third-order valence-electron chi connectivity index (χ3n) is 2.28. The molecule has 0 saturated heterocycles. The summed E-state index contributed by atoms with van der Waals surface area (Å²) in [7, 11) is 0. The van der Waals surface area contributed by atoms with E-state index >= 15 is 0 Å². The van der Waals surface area contributed by atoms with Gasteiger partial charge in [0.05, 0.1) is 6.61 Å². The van der Waals surface area contributed by atoms with Crippen molar-refractivity contribution in [2.75, 3.05) is 6.61 Å². The molecule has 84 valence electrons. The van der Waals surface area contributed by atoms with E-state index in [1.54, 1.807) is 0 Å². The van der Waals surface area contributed by atoms with Crippen LogP contribution in [-0.4, -0.2) is 16.2 Å². The van der Waals surface area contributed by atoms with Crippen LogP contribution < -0.4 is 4.74 Å². The highest BCUT2D eigenvalue weighted by Crippen LogP contribution is 2.08. The molecule has 0 aliphatic heterocycles. The largest absolute Gasteiger partial charge is 0.494 e. The van der Waals surface area contributed by atoms with Crippen LogP contribution in [0.15, 0.2) is 42.7 Å². The summed E-state index contributed by atoms with van der Waals surface area (Å²) in [5.41, 5.74) is 0. The molecule has 0 bridgehead atoms. The highest BCUT2D eigenvalue weighted by molar-refractivity contribution is 7.71. The van der Waals surface area contributed by atoms with Crippen LogP contribution in [0.3, 0.4) is 0 Å². The van der Waals surface area contributed by atoms with E-state index < -0.39 is 0 Å². The lowest BCUT2D eigenvalue weighted by Crippen LogP contribution is -2.03. The predicted octanol–water partition coefficient (Wildman–Crippen LogP) is 3.01. The number of nitrogens with one attached hydrogen (secondary N) is 1. The first-order valence-corrected chi connectivity index (χ1v) is 5.69. The van der Waals surface area contributed by atoms with Gasteiger partial charge in [-0.15, -0.1) is 0 Å². The Kier molecular flexibility index (Phi) is 3.77. The summed E-state index contributed by atoms with van der Waals surface area (Å²) in [6.07, 6.45) is 4.74. The second-order valence-electron chi connectivity index (χ2n) is 3.47. The normalized spacial score (nSPS) is 10.2. The smallest absolute Gasteiger partial charge is 0.177 e. The Morgan fingerprint density at radius 2 is 2.06 bits per heavy atom. The standard InChI is InChI=1S/C12H14N2OS/c16-12-13-7-9-14(12)8-4-10-15-11-5-2-1-3-6-11/h1-3,5-7,9H,4,8,10H2,(H,13,16). The first kappa shape index (κ1) is 11.0. The average Bonchev–Trinajstić information content (AvgIpc) is 2.72. The van der Waals surface area contributed by atoms with Gasteiger partial charge in [-0.3, -0.25) is 0 Å². The van der Waals surface area contributed by atoms with E-state index in [9.17, 15) is 0 Å². The second kappa shape index (κ2) is 5.51. The van der Waals surface area contributed by atoms with Crippen LogP contribution in [0.4, 0.5) is 0 Å². The number of aromatic amines is 1. The van der Waals surface area contributed by atoms with Gasteiger partial charge in [-0.05, 0) is 30.8 Å². The number of hydrogen-bond donors (Lipinski definition) is 1. The molecule has 0 atom stereocenters. The number of aryl methyl sites for hydroxylation is 1. The maximum absolute atomic E-state index is 5.59. The molecule has 0 amide bonds. The van der Waals surface area contributed by atoms with E-state index in [2.05, 4.69) is 4.98 Å². The van der Waals surface area contributed by atoms with Crippen molar-refractivity contribution in [1.82, 2.24) is 9.55 Å². The molecule has 1 heterocycles. The molecule has 1 aromatic heterocycles. The van der Waals surface area contributed by atoms with Crippen LogP contribution in [0.25, 0.3) is 0 Å². The second-order valence-corrected chi connectivity index (χ2v) is 3.86. The van der Waals surface area contributed by atoms with Gasteiger partial charge in [-0.2, -0.15) is 0 Å². The summed E-state index contributed by atoms with van der Waals surface area (Å²) in [6, 6.07) is 9.84. The first-order valence-electron chi connectivity index (χ1n) is 5.28. The lowest BCUT2D eigenvalue weighted by Gasteiger charge is -2.06. The van der Waals surface area contributed by atoms with Crippen LogP contribution in [-0.2, 0) is 6.54 Å². The van der Waals surface area contributed by atoms with Gasteiger partial charge >= 0.3 is 0 Å². The summed E-state index contributed by atoms with van der Waals surface area (Å²) in [5, 5.41) is 0. The SMILES string of the molecule is S=c1[nH]ccn1CCCOc1ccccc1. The number of para-hydroxylation sites is 1. The summed E-state index contributed by atoms with van der Waals surface area (Å²) in [6.45, 7) is 1.59. The van der Waals surface area contributed by atoms with Crippen molar-refractivity contribution in [2.24, 2.45) is 0 Å². The fraction of sp³-hybridized carbons (Fsp3) is 0.250. The molecule has 1 N–H and O–H groups in total. The molecule has 0 aliphatic carbocycles. The fourth-order valence-corrected chi connectivity index (χ4v) is 1.69. The van der Waals surface area contributed by atoms with E-state index in [1.165, 1.54) is 0 Å². The lowest BCUT2D eigenvalue weighted by atomic mass is 10.3. The minimum atomic E-state index is 0.705. The van der Waals surface area contributed by atoms with E-state index in [0.29, 0.717) is 6.61 Å². The molecule has 1 aromatic carbocycles. The topological polar surface area (TPSA) is 29.9 Å². The lowest BCUT2D eigenvalue weighted by molar-refractivity contribution is 0.301. The molecule has 0 radical (unpaired) electrons. The van der Waals surface area contributed by atoms with Gasteiger partial charge in [-0.1, -0.05) is 18.2 Å². The summed E-state index contributed by atoms with van der Waals surface area (Å²) < 4.78 is 8.35. The molecule has 4 heteroatoms. The zero-order chi connectivity index (χ0) is 11.2. The molecule has 2 rings (SSSR count). The van der Waals surface area contributed by atoms with Crippen LogP contribution in [0.5, 0.6) is 5.75 Å². The van der Waals surface area contributed by atoms with Crippen LogP contribution in [0, 0.1) is 4.77 Å². The number of rotatable bonds is 5. The molecule has 0 saturated carbocycles. The van der Waals surface area contributed by atoms with Gasteiger partial charge in [-0.25, -0.2) is 0 Å². The van der Waals surface area contributed by atoms with Crippen LogP contribution in [0.1, 0.15) is 6.42 Å². The van der Waals surface area contributed by atoms with Crippen molar-refractivity contribution in [3.05, 3.63) is 47.5 Å². The Balaban J connectivity index is 1.74. The number of imidazole rings is 1. The van der Waals surface area contributed by atoms with Crippen LogP contribution >= 0.6 is 12.2 Å². The summed E-state index contributed by atoms with van der Waals surface area (Å²) >= 11 is 5.09. The molecule has 2 aromatic rings. The molecule has 0 unspecified atom stereocenters. The number of hydrogen-bond acceptors (Lipinski definition) is 2. The third-order valence-corrected chi connectivity index (χ3v) is 2.63. The van der Waals surface area contributed by atoms with Gasteiger partial charge in [0.25, 0.3) is 0 Å². The maximum atomic E-state index is 5.59. The first-order chi connectivity index (χ1) is 7.86. The molecule has 0 spiro atoms. The highest BCUT2D eigenvalue weighted by atomic mass is 32.1. The number of ether oxygens (including phenoxy) is 1. The quantitative estimate of drug-likeness (QED) is 0.636. The van der Waals surface area contributed by atoms with Crippen molar-refractivity contribution in [3.63, 3.8) is 0 Å². The number of nitrogens with zero attached hydrogens (tertiary/aromatic N) is 1. The van der Waals surface area contributed by atoms with Gasteiger partial charge in [0.15, 0.2) is 4.77 Å². The Morgan fingerprint density at radius 1 is 1.25 bits per heavy atom. The zero-order valence-corrected chi connectivity index (χ0v) is 9.74. The molecule has 16 heavy (non-hydrogen) atoms. The number of aromatic nitrogens is 2. The third kappa shape index (κ3) is 2.97. The van der Waals surface area contributed by atoms with E-state index in [4.69, 9.17) is 17.0 Å². The maximum Gasteiger partial charge on any atom is 0.177 e. The van der Waals surface area contributed by atoms with Crippen molar-refractivity contribution in [2.45, 2.75) is 13.0 Å². The molecule has 0 aliphatic rings. The molecular formula is C12H14N2OS. The monoisotopic (exact) mass is 234 g/mol. The Labute approximate surface area is 99.7 Å².